The molecule has 112 valence electrons. The number of furan rings is 1. The molecule has 6 nitrogen and oxygen atoms in total. The molecule has 0 saturated heterocycles. The van der Waals surface area contributed by atoms with E-state index in [4.69, 9.17) is 9.15 Å². The SMILES string of the molecule is CC[C@H]([C@@H](Nc1ccc(OC)cc1)c1ccco1)[N+](=O)[O-]. The zero-order valence-corrected chi connectivity index (χ0v) is 12.0. The van der Waals surface area contributed by atoms with E-state index in [0.29, 0.717) is 12.2 Å². The maximum absolute atomic E-state index is 11.3. The minimum atomic E-state index is -0.766. The number of hydrogen-bond donors (Lipinski definition) is 1. The minimum Gasteiger partial charge on any atom is -0.497 e. The van der Waals surface area contributed by atoms with Crippen LogP contribution in [-0.2, 0) is 0 Å². The van der Waals surface area contributed by atoms with E-state index in [9.17, 15) is 10.1 Å². The third kappa shape index (κ3) is 3.53. The average Bonchev–Trinajstić information content (AvgIpc) is 3.01. The van der Waals surface area contributed by atoms with Gasteiger partial charge in [-0.2, -0.15) is 0 Å². The van der Waals surface area contributed by atoms with Crippen LogP contribution in [0.5, 0.6) is 5.75 Å². The van der Waals surface area contributed by atoms with Crippen LogP contribution in [0.4, 0.5) is 5.69 Å². The van der Waals surface area contributed by atoms with Gasteiger partial charge in [-0.05, 0) is 36.4 Å². The fourth-order valence-corrected chi connectivity index (χ4v) is 2.20. The number of methoxy groups -OCH3 is 1. The molecule has 0 spiro atoms. The summed E-state index contributed by atoms with van der Waals surface area (Å²) in [5, 5.41) is 14.4. The lowest BCUT2D eigenvalue weighted by Crippen LogP contribution is -2.31. The monoisotopic (exact) mass is 290 g/mol. The van der Waals surface area contributed by atoms with Crippen molar-refractivity contribution < 1.29 is 14.1 Å². The van der Waals surface area contributed by atoms with Gasteiger partial charge in [0.1, 0.15) is 11.5 Å². The summed E-state index contributed by atoms with van der Waals surface area (Å²) in [5.74, 6) is 1.28. The Morgan fingerprint density at radius 2 is 2.05 bits per heavy atom. The van der Waals surface area contributed by atoms with Gasteiger partial charge in [-0.15, -0.1) is 0 Å². The van der Waals surface area contributed by atoms with Crippen molar-refractivity contribution in [1.29, 1.82) is 0 Å². The molecule has 0 aliphatic carbocycles. The van der Waals surface area contributed by atoms with Gasteiger partial charge in [0.15, 0.2) is 6.04 Å². The first kappa shape index (κ1) is 14.9. The van der Waals surface area contributed by atoms with E-state index in [0.717, 1.165) is 11.4 Å². The van der Waals surface area contributed by atoms with Gasteiger partial charge in [0.05, 0.1) is 13.4 Å². The second-order valence-electron chi connectivity index (χ2n) is 4.63. The summed E-state index contributed by atoms with van der Waals surface area (Å²) in [7, 11) is 1.59. The Morgan fingerprint density at radius 3 is 2.52 bits per heavy atom. The van der Waals surface area contributed by atoms with Gasteiger partial charge in [0, 0.05) is 17.0 Å². The van der Waals surface area contributed by atoms with E-state index < -0.39 is 12.1 Å². The molecule has 0 aliphatic rings. The summed E-state index contributed by atoms with van der Waals surface area (Å²) in [6, 6.07) is 9.43. The molecular weight excluding hydrogens is 272 g/mol. The quantitative estimate of drug-likeness (QED) is 0.623. The van der Waals surface area contributed by atoms with Crippen LogP contribution < -0.4 is 10.1 Å². The van der Waals surface area contributed by atoms with E-state index >= 15 is 0 Å². The predicted molar refractivity (Wildman–Crippen MR) is 79.1 cm³/mol. The fourth-order valence-electron chi connectivity index (χ4n) is 2.20. The van der Waals surface area contributed by atoms with Gasteiger partial charge < -0.3 is 14.5 Å². The summed E-state index contributed by atoms with van der Waals surface area (Å²) >= 11 is 0. The second-order valence-corrected chi connectivity index (χ2v) is 4.63. The van der Waals surface area contributed by atoms with Crippen LogP contribution in [-0.4, -0.2) is 18.1 Å². The van der Waals surface area contributed by atoms with Crippen molar-refractivity contribution in [3.05, 3.63) is 58.5 Å². The normalized spacial score (nSPS) is 13.4. The summed E-state index contributed by atoms with van der Waals surface area (Å²) < 4.78 is 10.5. The molecule has 2 aromatic rings. The second kappa shape index (κ2) is 6.78. The van der Waals surface area contributed by atoms with Gasteiger partial charge in [0.25, 0.3) is 0 Å². The molecule has 0 unspecified atom stereocenters. The van der Waals surface area contributed by atoms with E-state index in [1.54, 1.807) is 38.3 Å². The fraction of sp³-hybridized carbons (Fsp3) is 0.333. The molecule has 0 bridgehead atoms. The molecule has 21 heavy (non-hydrogen) atoms. The molecule has 0 fully saturated rings. The molecule has 2 rings (SSSR count). The van der Waals surface area contributed by atoms with Crippen LogP contribution in [0.15, 0.2) is 47.1 Å². The predicted octanol–water partition coefficient (Wildman–Crippen LogP) is 3.50. The molecule has 1 N–H and O–H groups in total. The van der Waals surface area contributed by atoms with E-state index in [-0.39, 0.29) is 4.92 Å². The highest BCUT2D eigenvalue weighted by Gasteiger charge is 2.33. The largest absolute Gasteiger partial charge is 0.497 e. The topological polar surface area (TPSA) is 77.5 Å². The zero-order valence-electron chi connectivity index (χ0n) is 12.0. The van der Waals surface area contributed by atoms with Gasteiger partial charge in [-0.25, -0.2) is 0 Å². The number of anilines is 1. The number of rotatable bonds is 7. The number of ether oxygens (including phenoxy) is 1. The number of nitrogens with one attached hydrogen (secondary N) is 1. The maximum Gasteiger partial charge on any atom is 0.239 e. The number of hydrogen-bond acceptors (Lipinski definition) is 5. The molecule has 0 saturated carbocycles. The first-order chi connectivity index (χ1) is 10.2. The van der Waals surface area contributed by atoms with Crippen LogP contribution in [0.3, 0.4) is 0 Å². The third-order valence-corrected chi connectivity index (χ3v) is 3.34. The van der Waals surface area contributed by atoms with E-state index in [2.05, 4.69) is 5.32 Å². The summed E-state index contributed by atoms with van der Waals surface area (Å²) in [5.41, 5.74) is 0.775. The number of benzene rings is 1. The first-order valence-electron chi connectivity index (χ1n) is 6.73. The highest BCUT2D eigenvalue weighted by Crippen LogP contribution is 2.27. The molecule has 1 aromatic heterocycles. The van der Waals surface area contributed by atoms with Crippen molar-refractivity contribution in [2.24, 2.45) is 0 Å². The van der Waals surface area contributed by atoms with E-state index in [1.165, 1.54) is 6.26 Å². The molecule has 1 heterocycles. The summed E-state index contributed by atoms with van der Waals surface area (Å²) in [4.78, 5) is 11.0. The number of nitro groups is 1. The number of nitrogens with zero attached hydrogens (tertiary/aromatic N) is 1. The summed E-state index contributed by atoms with van der Waals surface area (Å²) in [6.45, 7) is 1.79. The third-order valence-electron chi connectivity index (χ3n) is 3.34. The molecule has 6 heteroatoms. The Morgan fingerprint density at radius 1 is 1.33 bits per heavy atom. The highest BCUT2D eigenvalue weighted by atomic mass is 16.6. The molecule has 1 aromatic carbocycles. The Balaban J connectivity index is 2.25. The van der Waals surface area contributed by atoms with Crippen molar-refractivity contribution in [3.8, 4) is 5.75 Å². The van der Waals surface area contributed by atoms with Crippen LogP contribution in [0, 0.1) is 10.1 Å². The molecular formula is C15H18N2O4. The maximum atomic E-state index is 11.3. The van der Waals surface area contributed by atoms with Crippen LogP contribution in [0.2, 0.25) is 0 Å². The lowest BCUT2D eigenvalue weighted by molar-refractivity contribution is -0.526. The van der Waals surface area contributed by atoms with Crippen LogP contribution in [0.25, 0.3) is 0 Å². The minimum absolute atomic E-state index is 0.274. The van der Waals surface area contributed by atoms with Crippen molar-refractivity contribution in [1.82, 2.24) is 0 Å². The molecule has 0 aliphatic heterocycles. The van der Waals surface area contributed by atoms with Crippen molar-refractivity contribution in [3.63, 3.8) is 0 Å². The van der Waals surface area contributed by atoms with Crippen LogP contribution in [0.1, 0.15) is 25.1 Å². The van der Waals surface area contributed by atoms with Gasteiger partial charge in [-0.3, -0.25) is 10.1 Å². The Hall–Kier alpha value is -2.50. The smallest absolute Gasteiger partial charge is 0.239 e. The van der Waals surface area contributed by atoms with Gasteiger partial charge in [-0.1, -0.05) is 6.92 Å². The van der Waals surface area contributed by atoms with Crippen LogP contribution >= 0.6 is 0 Å². The van der Waals surface area contributed by atoms with Crippen molar-refractivity contribution >= 4 is 5.69 Å². The summed E-state index contributed by atoms with van der Waals surface area (Å²) in [6.07, 6.45) is 1.92. The first-order valence-corrected chi connectivity index (χ1v) is 6.73. The van der Waals surface area contributed by atoms with Gasteiger partial charge in [0.2, 0.25) is 6.04 Å². The lowest BCUT2D eigenvalue weighted by atomic mass is 10.0. The molecule has 0 amide bonds. The van der Waals surface area contributed by atoms with Crippen molar-refractivity contribution in [2.75, 3.05) is 12.4 Å². The van der Waals surface area contributed by atoms with Crippen molar-refractivity contribution in [2.45, 2.75) is 25.4 Å². The van der Waals surface area contributed by atoms with Gasteiger partial charge >= 0.3 is 0 Å². The molecule has 0 radical (unpaired) electrons. The lowest BCUT2D eigenvalue weighted by Gasteiger charge is -2.20. The Bertz CT molecular complexity index is 566. The highest BCUT2D eigenvalue weighted by molar-refractivity contribution is 5.48. The Kier molecular flexibility index (Phi) is 4.81. The zero-order chi connectivity index (χ0) is 15.2. The molecule has 2 atom stereocenters. The average molecular weight is 290 g/mol. The Labute approximate surface area is 122 Å². The van der Waals surface area contributed by atoms with E-state index in [1.807, 2.05) is 12.1 Å². The standard InChI is InChI=1S/C15H18N2O4/c1-3-13(17(18)19)15(14-5-4-10-21-14)16-11-6-8-12(20-2)9-7-11/h4-10,13,15-16H,3H2,1-2H3/t13-,15-/m1/s1.